The first-order valence-electron chi connectivity index (χ1n) is 7.68. The SMILES string of the molecule is CC(C)OCC(=O)Nc1cc2cc(-c3cncn3C)ccc2nn1. The molecule has 0 aliphatic heterocycles. The molecule has 1 aromatic carbocycles. The fraction of sp³-hybridized carbons (Fsp3) is 0.294. The predicted octanol–water partition coefficient (Wildman–Crippen LogP) is 2.39. The van der Waals surface area contributed by atoms with E-state index in [0.717, 1.165) is 22.2 Å². The molecule has 0 atom stereocenters. The average molecular weight is 325 g/mol. The van der Waals surface area contributed by atoms with Crippen LogP contribution in [-0.2, 0) is 16.6 Å². The molecule has 3 aromatic rings. The summed E-state index contributed by atoms with van der Waals surface area (Å²) >= 11 is 0. The number of imidazole rings is 1. The minimum Gasteiger partial charge on any atom is -0.369 e. The van der Waals surface area contributed by atoms with Gasteiger partial charge in [0.1, 0.15) is 6.61 Å². The lowest BCUT2D eigenvalue weighted by Crippen LogP contribution is -2.21. The lowest BCUT2D eigenvalue weighted by molar-refractivity contribution is -0.121. The van der Waals surface area contributed by atoms with E-state index < -0.39 is 0 Å². The number of benzene rings is 1. The number of hydrogen-bond donors (Lipinski definition) is 1. The molecule has 24 heavy (non-hydrogen) atoms. The number of aromatic nitrogens is 4. The molecule has 0 saturated heterocycles. The third-order valence-corrected chi connectivity index (χ3v) is 3.51. The summed E-state index contributed by atoms with van der Waals surface area (Å²) in [6, 6.07) is 7.68. The Morgan fingerprint density at radius 3 is 2.83 bits per heavy atom. The molecule has 0 saturated carbocycles. The van der Waals surface area contributed by atoms with Crippen molar-refractivity contribution in [2.75, 3.05) is 11.9 Å². The van der Waals surface area contributed by atoms with Crippen molar-refractivity contribution in [1.82, 2.24) is 19.7 Å². The van der Waals surface area contributed by atoms with Gasteiger partial charge >= 0.3 is 0 Å². The molecule has 0 aliphatic carbocycles. The van der Waals surface area contributed by atoms with Gasteiger partial charge in [0.05, 0.1) is 29.8 Å². The number of fused-ring (bicyclic) bond motifs is 1. The molecule has 7 nitrogen and oxygen atoms in total. The molecule has 7 heteroatoms. The van der Waals surface area contributed by atoms with Gasteiger partial charge in [0.15, 0.2) is 5.82 Å². The minimum atomic E-state index is -0.250. The van der Waals surface area contributed by atoms with Crippen molar-refractivity contribution in [2.45, 2.75) is 20.0 Å². The highest BCUT2D eigenvalue weighted by atomic mass is 16.5. The molecule has 0 spiro atoms. The summed E-state index contributed by atoms with van der Waals surface area (Å²) < 4.78 is 7.22. The van der Waals surface area contributed by atoms with E-state index >= 15 is 0 Å². The van der Waals surface area contributed by atoms with Crippen molar-refractivity contribution in [3.8, 4) is 11.3 Å². The van der Waals surface area contributed by atoms with Gasteiger partial charge in [-0.3, -0.25) is 4.79 Å². The first kappa shape index (κ1) is 16.1. The lowest BCUT2D eigenvalue weighted by Gasteiger charge is -2.08. The highest BCUT2D eigenvalue weighted by Crippen LogP contribution is 2.23. The molecule has 1 amide bonds. The number of ether oxygens (including phenoxy) is 1. The van der Waals surface area contributed by atoms with Crippen LogP contribution in [0.15, 0.2) is 36.8 Å². The largest absolute Gasteiger partial charge is 0.369 e. The van der Waals surface area contributed by atoms with Crippen LogP contribution in [0.2, 0.25) is 0 Å². The maximum Gasteiger partial charge on any atom is 0.251 e. The van der Waals surface area contributed by atoms with Gasteiger partial charge < -0.3 is 14.6 Å². The number of anilines is 1. The number of nitrogens with one attached hydrogen (secondary N) is 1. The van der Waals surface area contributed by atoms with Crippen LogP contribution in [0.3, 0.4) is 0 Å². The average Bonchev–Trinajstić information content (AvgIpc) is 2.98. The zero-order valence-electron chi connectivity index (χ0n) is 13.9. The molecule has 0 fully saturated rings. The molecule has 124 valence electrons. The second kappa shape index (κ2) is 6.76. The van der Waals surface area contributed by atoms with Crippen LogP contribution in [-0.4, -0.2) is 38.4 Å². The molecule has 3 rings (SSSR count). The monoisotopic (exact) mass is 325 g/mol. The Morgan fingerprint density at radius 2 is 2.12 bits per heavy atom. The number of amides is 1. The first-order valence-corrected chi connectivity index (χ1v) is 7.68. The van der Waals surface area contributed by atoms with E-state index in [1.54, 1.807) is 12.4 Å². The van der Waals surface area contributed by atoms with Gasteiger partial charge in [-0.05, 0) is 32.0 Å². The fourth-order valence-electron chi connectivity index (χ4n) is 2.32. The number of rotatable bonds is 5. The molecule has 0 unspecified atom stereocenters. The normalized spacial score (nSPS) is 11.2. The van der Waals surface area contributed by atoms with Crippen molar-refractivity contribution in [2.24, 2.45) is 7.05 Å². The van der Waals surface area contributed by atoms with E-state index in [9.17, 15) is 4.79 Å². The van der Waals surface area contributed by atoms with Crippen molar-refractivity contribution in [1.29, 1.82) is 0 Å². The molecule has 2 aromatic heterocycles. The Hall–Kier alpha value is -2.80. The Morgan fingerprint density at radius 1 is 1.29 bits per heavy atom. The molecule has 0 radical (unpaired) electrons. The van der Waals surface area contributed by atoms with E-state index in [-0.39, 0.29) is 18.6 Å². The molecule has 2 heterocycles. The summed E-state index contributed by atoms with van der Waals surface area (Å²) in [5.74, 6) is 0.155. The highest BCUT2D eigenvalue weighted by Gasteiger charge is 2.08. The first-order chi connectivity index (χ1) is 11.5. The maximum absolute atomic E-state index is 11.8. The summed E-state index contributed by atoms with van der Waals surface area (Å²) in [6.45, 7) is 3.75. The van der Waals surface area contributed by atoms with Gasteiger partial charge in [0.2, 0.25) is 0 Å². The molecule has 0 bridgehead atoms. The molecular formula is C17H19N5O2. The number of carbonyl (C=O) groups excluding carboxylic acids is 1. The van der Waals surface area contributed by atoms with Crippen molar-refractivity contribution in [3.05, 3.63) is 36.8 Å². The molecular weight excluding hydrogens is 306 g/mol. The van der Waals surface area contributed by atoms with Crippen LogP contribution in [0.4, 0.5) is 5.82 Å². The van der Waals surface area contributed by atoms with Gasteiger partial charge in [0, 0.05) is 18.0 Å². The van der Waals surface area contributed by atoms with Gasteiger partial charge in [-0.1, -0.05) is 6.07 Å². The third-order valence-electron chi connectivity index (χ3n) is 3.51. The highest BCUT2D eigenvalue weighted by molar-refractivity contribution is 5.93. The van der Waals surface area contributed by atoms with Gasteiger partial charge in [-0.25, -0.2) is 4.98 Å². The van der Waals surface area contributed by atoms with Crippen LogP contribution in [0.5, 0.6) is 0 Å². The van der Waals surface area contributed by atoms with Crippen molar-refractivity contribution >= 4 is 22.6 Å². The lowest BCUT2D eigenvalue weighted by atomic mass is 10.1. The number of aryl methyl sites for hydroxylation is 1. The van der Waals surface area contributed by atoms with Gasteiger partial charge in [-0.15, -0.1) is 10.2 Å². The fourth-order valence-corrected chi connectivity index (χ4v) is 2.32. The van der Waals surface area contributed by atoms with Crippen LogP contribution in [0.1, 0.15) is 13.8 Å². The Balaban J connectivity index is 1.84. The summed E-state index contributed by atoms with van der Waals surface area (Å²) in [4.78, 5) is 16.0. The number of hydrogen-bond acceptors (Lipinski definition) is 5. The van der Waals surface area contributed by atoms with E-state index in [1.165, 1.54) is 0 Å². The smallest absolute Gasteiger partial charge is 0.251 e. The van der Waals surface area contributed by atoms with E-state index in [2.05, 4.69) is 20.5 Å². The minimum absolute atomic E-state index is 0.000101. The number of nitrogens with zero attached hydrogens (tertiary/aromatic N) is 4. The summed E-state index contributed by atoms with van der Waals surface area (Å²) in [5.41, 5.74) is 2.79. The maximum atomic E-state index is 11.8. The Labute approximate surface area is 139 Å². The topological polar surface area (TPSA) is 81.9 Å². The standard InChI is InChI=1S/C17H19N5O2/c1-11(2)24-9-17(23)19-16-7-13-6-12(4-5-14(13)20-21-16)15-8-18-10-22(15)3/h4-8,10-11H,9H2,1-3H3,(H,19,21,23). The Kier molecular flexibility index (Phi) is 4.52. The second-order valence-electron chi connectivity index (χ2n) is 5.80. The Bertz CT molecular complexity index is 872. The summed E-state index contributed by atoms with van der Waals surface area (Å²) in [7, 11) is 1.94. The summed E-state index contributed by atoms with van der Waals surface area (Å²) in [6.07, 6.45) is 3.56. The molecule has 1 N–H and O–H groups in total. The zero-order valence-corrected chi connectivity index (χ0v) is 13.9. The van der Waals surface area contributed by atoms with Crippen LogP contribution < -0.4 is 5.32 Å². The van der Waals surface area contributed by atoms with Crippen molar-refractivity contribution in [3.63, 3.8) is 0 Å². The van der Waals surface area contributed by atoms with Gasteiger partial charge in [-0.2, -0.15) is 0 Å². The predicted molar refractivity (Wildman–Crippen MR) is 91.5 cm³/mol. The second-order valence-corrected chi connectivity index (χ2v) is 5.80. The van der Waals surface area contributed by atoms with E-state index in [1.807, 2.05) is 49.9 Å². The zero-order chi connectivity index (χ0) is 17.1. The summed E-state index contributed by atoms with van der Waals surface area (Å²) in [5, 5.41) is 11.8. The van der Waals surface area contributed by atoms with Crippen LogP contribution in [0.25, 0.3) is 22.2 Å². The molecule has 0 aliphatic rings. The number of carbonyl (C=O) groups is 1. The van der Waals surface area contributed by atoms with Crippen molar-refractivity contribution < 1.29 is 9.53 Å². The van der Waals surface area contributed by atoms with E-state index in [0.29, 0.717) is 5.82 Å². The van der Waals surface area contributed by atoms with Gasteiger partial charge in [0.25, 0.3) is 5.91 Å². The third kappa shape index (κ3) is 3.57. The van der Waals surface area contributed by atoms with Crippen LogP contribution >= 0.6 is 0 Å². The quantitative estimate of drug-likeness (QED) is 0.779. The van der Waals surface area contributed by atoms with Crippen LogP contribution in [0, 0.1) is 0 Å². The van der Waals surface area contributed by atoms with E-state index in [4.69, 9.17) is 4.74 Å².